The van der Waals surface area contributed by atoms with Gasteiger partial charge in [0.25, 0.3) is 0 Å². The molecule has 0 heterocycles. The SMILES string of the molecule is CNNC(=O)CCCOc1c(C)cccc1C. The van der Waals surface area contributed by atoms with E-state index in [1.165, 1.54) is 0 Å². The highest BCUT2D eigenvalue weighted by atomic mass is 16.5. The molecule has 0 aliphatic rings. The summed E-state index contributed by atoms with van der Waals surface area (Å²) in [5, 5.41) is 0. The molecule has 0 aliphatic carbocycles. The van der Waals surface area contributed by atoms with Crippen LogP contribution < -0.4 is 15.6 Å². The van der Waals surface area contributed by atoms with Crippen molar-refractivity contribution >= 4 is 5.91 Å². The van der Waals surface area contributed by atoms with Crippen molar-refractivity contribution in [2.45, 2.75) is 26.7 Å². The Morgan fingerprint density at radius 1 is 1.29 bits per heavy atom. The fourth-order valence-corrected chi connectivity index (χ4v) is 1.64. The van der Waals surface area contributed by atoms with Crippen LogP contribution in [0.4, 0.5) is 0 Å². The maximum Gasteiger partial charge on any atom is 0.234 e. The van der Waals surface area contributed by atoms with Crippen LogP contribution in [0.15, 0.2) is 18.2 Å². The fraction of sp³-hybridized carbons (Fsp3) is 0.462. The average molecular weight is 236 g/mol. The van der Waals surface area contributed by atoms with Crippen LogP contribution in [0.25, 0.3) is 0 Å². The summed E-state index contributed by atoms with van der Waals surface area (Å²) in [6, 6.07) is 6.06. The number of rotatable bonds is 6. The lowest BCUT2D eigenvalue weighted by atomic mass is 10.1. The summed E-state index contributed by atoms with van der Waals surface area (Å²) < 4.78 is 5.70. The number of amides is 1. The van der Waals surface area contributed by atoms with Gasteiger partial charge in [0.05, 0.1) is 6.61 Å². The van der Waals surface area contributed by atoms with Crippen molar-refractivity contribution in [3.8, 4) is 5.75 Å². The predicted molar refractivity (Wildman–Crippen MR) is 67.8 cm³/mol. The number of nitrogens with one attached hydrogen (secondary N) is 2. The van der Waals surface area contributed by atoms with Gasteiger partial charge in [0.1, 0.15) is 5.75 Å². The molecular weight excluding hydrogens is 216 g/mol. The first kappa shape index (κ1) is 13.5. The molecule has 94 valence electrons. The average Bonchev–Trinajstić information content (AvgIpc) is 2.28. The molecule has 0 aliphatic heterocycles. The standard InChI is InChI=1S/C13H20N2O2/c1-10-6-4-7-11(2)13(10)17-9-5-8-12(16)15-14-3/h4,6-7,14H,5,8-9H2,1-3H3,(H,15,16). The maximum atomic E-state index is 11.2. The van der Waals surface area contributed by atoms with Gasteiger partial charge in [-0.3, -0.25) is 10.2 Å². The van der Waals surface area contributed by atoms with Crippen LogP contribution in [0.2, 0.25) is 0 Å². The number of aryl methyl sites for hydroxylation is 2. The molecule has 0 aromatic heterocycles. The van der Waals surface area contributed by atoms with Crippen molar-refractivity contribution in [3.63, 3.8) is 0 Å². The molecule has 0 saturated carbocycles. The smallest absolute Gasteiger partial charge is 0.234 e. The highest BCUT2D eigenvalue weighted by molar-refractivity contribution is 5.75. The molecule has 2 N–H and O–H groups in total. The van der Waals surface area contributed by atoms with E-state index in [0.29, 0.717) is 19.4 Å². The van der Waals surface area contributed by atoms with Gasteiger partial charge in [0.15, 0.2) is 0 Å². The number of carbonyl (C=O) groups is 1. The minimum atomic E-state index is -0.0161. The van der Waals surface area contributed by atoms with E-state index >= 15 is 0 Å². The third-order valence-electron chi connectivity index (χ3n) is 2.47. The number of carbonyl (C=O) groups excluding carboxylic acids is 1. The molecule has 4 heteroatoms. The number of hydrogen-bond donors (Lipinski definition) is 2. The Bertz CT molecular complexity index is 357. The quantitative estimate of drug-likeness (QED) is 0.584. The number of hydrazine groups is 1. The molecule has 1 rings (SSSR count). The Hall–Kier alpha value is -1.55. The topological polar surface area (TPSA) is 50.4 Å². The van der Waals surface area contributed by atoms with E-state index in [4.69, 9.17) is 4.74 Å². The zero-order chi connectivity index (χ0) is 12.7. The van der Waals surface area contributed by atoms with Crippen LogP contribution >= 0.6 is 0 Å². The Kier molecular flexibility index (Phi) is 5.49. The number of benzene rings is 1. The van der Waals surface area contributed by atoms with E-state index in [1.807, 2.05) is 32.0 Å². The Morgan fingerprint density at radius 3 is 2.53 bits per heavy atom. The van der Waals surface area contributed by atoms with Crippen LogP contribution in [-0.4, -0.2) is 19.6 Å². The second-order valence-electron chi connectivity index (χ2n) is 3.97. The van der Waals surface area contributed by atoms with Crippen molar-refractivity contribution in [2.75, 3.05) is 13.7 Å². The number of para-hydroxylation sites is 1. The van der Waals surface area contributed by atoms with Crippen LogP contribution in [0.5, 0.6) is 5.75 Å². The van der Waals surface area contributed by atoms with E-state index in [9.17, 15) is 4.79 Å². The van der Waals surface area contributed by atoms with E-state index in [1.54, 1.807) is 7.05 Å². The van der Waals surface area contributed by atoms with E-state index in [0.717, 1.165) is 16.9 Å². The third kappa shape index (κ3) is 4.44. The van der Waals surface area contributed by atoms with E-state index < -0.39 is 0 Å². The monoisotopic (exact) mass is 236 g/mol. The summed E-state index contributed by atoms with van der Waals surface area (Å²) in [7, 11) is 1.67. The number of ether oxygens (including phenoxy) is 1. The molecule has 0 atom stereocenters. The van der Waals surface area contributed by atoms with E-state index in [-0.39, 0.29) is 5.91 Å². The highest BCUT2D eigenvalue weighted by Gasteiger charge is 2.04. The lowest BCUT2D eigenvalue weighted by Crippen LogP contribution is -2.34. The van der Waals surface area contributed by atoms with Crippen LogP contribution in [-0.2, 0) is 4.79 Å². The Balaban J connectivity index is 2.34. The van der Waals surface area contributed by atoms with Crippen molar-refractivity contribution in [1.29, 1.82) is 0 Å². The predicted octanol–water partition coefficient (Wildman–Crippen LogP) is 1.71. The summed E-state index contributed by atoms with van der Waals surface area (Å²) >= 11 is 0. The van der Waals surface area contributed by atoms with Crippen molar-refractivity contribution in [1.82, 2.24) is 10.9 Å². The lowest BCUT2D eigenvalue weighted by Gasteiger charge is -2.11. The molecule has 0 bridgehead atoms. The zero-order valence-corrected chi connectivity index (χ0v) is 10.7. The van der Waals surface area contributed by atoms with Gasteiger partial charge in [-0.1, -0.05) is 18.2 Å². The largest absolute Gasteiger partial charge is 0.493 e. The third-order valence-corrected chi connectivity index (χ3v) is 2.47. The Labute approximate surface area is 102 Å². The molecule has 0 fully saturated rings. The normalized spacial score (nSPS) is 10.1. The molecule has 17 heavy (non-hydrogen) atoms. The molecule has 0 unspecified atom stereocenters. The highest BCUT2D eigenvalue weighted by Crippen LogP contribution is 2.22. The van der Waals surface area contributed by atoms with Crippen LogP contribution in [0.1, 0.15) is 24.0 Å². The van der Waals surface area contributed by atoms with Gasteiger partial charge in [0.2, 0.25) is 5.91 Å². The van der Waals surface area contributed by atoms with Crippen LogP contribution in [0.3, 0.4) is 0 Å². The minimum absolute atomic E-state index is 0.0161. The molecular formula is C13H20N2O2. The zero-order valence-electron chi connectivity index (χ0n) is 10.7. The van der Waals surface area contributed by atoms with Crippen molar-refractivity contribution < 1.29 is 9.53 Å². The van der Waals surface area contributed by atoms with Gasteiger partial charge in [-0.25, -0.2) is 5.43 Å². The molecule has 0 radical (unpaired) electrons. The van der Waals surface area contributed by atoms with E-state index in [2.05, 4.69) is 10.9 Å². The molecule has 1 amide bonds. The van der Waals surface area contributed by atoms with Gasteiger partial charge in [-0.05, 0) is 31.4 Å². The lowest BCUT2D eigenvalue weighted by molar-refractivity contribution is -0.122. The molecule has 0 spiro atoms. The summed E-state index contributed by atoms with van der Waals surface area (Å²) in [6.45, 7) is 4.61. The number of hydrogen-bond acceptors (Lipinski definition) is 3. The fourth-order valence-electron chi connectivity index (χ4n) is 1.64. The second-order valence-corrected chi connectivity index (χ2v) is 3.97. The van der Waals surface area contributed by atoms with Gasteiger partial charge < -0.3 is 4.74 Å². The maximum absolute atomic E-state index is 11.2. The van der Waals surface area contributed by atoms with Crippen molar-refractivity contribution in [2.24, 2.45) is 0 Å². The summed E-state index contributed by atoms with van der Waals surface area (Å²) in [4.78, 5) is 11.2. The Morgan fingerprint density at radius 2 is 1.94 bits per heavy atom. The molecule has 4 nitrogen and oxygen atoms in total. The summed E-state index contributed by atoms with van der Waals surface area (Å²) in [5.41, 5.74) is 7.39. The molecule has 1 aromatic carbocycles. The van der Waals surface area contributed by atoms with Crippen molar-refractivity contribution in [3.05, 3.63) is 29.3 Å². The molecule has 0 saturated heterocycles. The van der Waals surface area contributed by atoms with Gasteiger partial charge in [-0.15, -0.1) is 0 Å². The second kappa shape index (κ2) is 6.91. The van der Waals surface area contributed by atoms with Crippen LogP contribution in [0, 0.1) is 13.8 Å². The summed E-state index contributed by atoms with van der Waals surface area (Å²) in [6.07, 6.45) is 1.17. The minimum Gasteiger partial charge on any atom is -0.493 e. The first-order chi connectivity index (χ1) is 8.15. The first-order valence-electron chi connectivity index (χ1n) is 5.79. The molecule has 1 aromatic rings. The summed E-state index contributed by atoms with van der Waals surface area (Å²) in [5.74, 6) is 0.916. The van der Waals surface area contributed by atoms with Gasteiger partial charge in [-0.2, -0.15) is 0 Å². The first-order valence-corrected chi connectivity index (χ1v) is 5.79. The van der Waals surface area contributed by atoms with Gasteiger partial charge in [0, 0.05) is 13.5 Å². The van der Waals surface area contributed by atoms with Gasteiger partial charge >= 0.3 is 0 Å².